The molecular formula is C17H21BN5OS. The second-order valence-electron chi connectivity index (χ2n) is 5.23. The number of nitrogens with zero attached hydrogens (tertiary/aromatic N) is 2. The summed E-state index contributed by atoms with van der Waals surface area (Å²) in [5.41, 5.74) is 8.35. The highest BCUT2D eigenvalue weighted by Gasteiger charge is 2.10. The molecule has 2 heterocycles. The Hall–Kier alpha value is -2.61. The summed E-state index contributed by atoms with van der Waals surface area (Å²) >= 11 is 1.59. The van der Waals surface area contributed by atoms with Crippen LogP contribution < -0.4 is 16.5 Å². The molecule has 0 bridgehead atoms. The molecule has 0 fully saturated rings. The number of carbonyl (C=O) groups excluding carboxylic acids is 1. The molecule has 8 heteroatoms. The van der Waals surface area contributed by atoms with Crippen LogP contribution in [0.4, 0.5) is 11.4 Å². The summed E-state index contributed by atoms with van der Waals surface area (Å²) in [5.74, 6) is 0. The lowest BCUT2D eigenvalue weighted by atomic mass is 9.66. The third kappa shape index (κ3) is 5.76. The van der Waals surface area contributed by atoms with Crippen LogP contribution in [0, 0.1) is 0 Å². The smallest absolute Gasteiger partial charge is 0.204 e. The first-order chi connectivity index (χ1) is 12.3. The van der Waals surface area contributed by atoms with Crippen molar-refractivity contribution in [3.8, 4) is 10.7 Å². The first-order valence-electron chi connectivity index (χ1n) is 8.07. The maximum absolute atomic E-state index is 8.58. The number of aromatic amines is 1. The quantitative estimate of drug-likeness (QED) is 0.345. The number of nitrogens with two attached hydrogens (primary N) is 1. The van der Waals surface area contributed by atoms with Gasteiger partial charge < -0.3 is 11.1 Å². The standard InChI is InChI=1S/C16H18BN4S.CH3NO/c1-2-3-8-17-12-4-6-13(7-5-12)20-14-11-19-21-15(14)16-18-9-10-22-16;2-1-3/h4-7,9-11,20H,2-3,8H2,1H3,(H,19,21);1H,(H2,2,3). The minimum atomic E-state index is 0.250. The van der Waals surface area contributed by atoms with Gasteiger partial charge >= 0.3 is 0 Å². The number of hydrogen-bond donors (Lipinski definition) is 3. The molecule has 0 saturated heterocycles. The Morgan fingerprint density at radius 2 is 2.12 bits per heavy atom. The van der Waals surface area contributed by atoms with Crippen molar-refractivity contribution >= 4 is 41.9 Å². The van der Waals surface area contributed by atoms with Crippen LogP contribution >= 0.6 is 11.3 Å². The average Bonchev–Trinajstić information content (AvgIpc) is 3.28. The number of carbonyl (C=O) groups is 1. The average molecular weight is 354 g/mol. The lowest BCUT2D eigenvalue weighted by Crippen LogP contribution is -2.12. The molecule has 0 unspecified atom stereocenters. The van der Waals surface area contributed by atoms with E-state index in [0.717, 1.165) is 28.4 Å². The van der Waals surface area contributed by atoms with Crippen molar-refractivity contribution in [2.75, 3.05) is 5.32 Å². The number of thiazole rings is 1. The van der Waals surface area contributed by atoms with Gasteiger partial charge in [0.1, 0.15) is 10.7 Å². The van der Waals surface area contributed by atoms with E-state index in [4.69, 9.17) is 4.79 Å². The largest absolute Gasteiger partial charge is 0.372 e. The van der Waals surface area contributed by atoms with E-state index < -0.39 is 0 Å². The molecule has 0 aliphatic rings. The van der Waals surface area contributed by atoms with Crippen LogP contribution in [0.1, 0.15) is 19.8 Å². The summed E-state index contributed by atoms with van der Waals surface area (Å²) in [6.07, 6.45) is 7.45. The molecule has 1 amide bonds. The van der Waals surface area contributed by atoms with Crippen molar-refractivity contribution in [2.24, 2.45) is 5.73 Å². The zero-order chi connectivity index (χ0) is 17.9. The highest BCUT2D eigenvalue weighted by molar-refractivity contribution is 7.13. The number of primary amides is 1. The molecule has 3 rings (SSSR count). The van der Waals surface area contributed by atoms with Crippen LogP contribution in [0.5, 0.6) is 0 Å². The molecule has 0 spiro atoms. The van der Waals surface area contributed by atoms with Gasteiger partial charge in [-0.15, -0.1) is 11.3 Å². The van der Waals surface area contributed by atoms with Crippen molar-refractivity contribution in [1.82, 2.24) is 15.2 Å². The molecule has 0 aliphatic carbocycles. The van der Waals surface area contributed by atoms with Crippen LogP contribution in [0.25, 0.3) is 10.7 Å². The number of benzene rings is 1. The van der Waals surface area contributed by atoms with Crippen LogP contribution in [0.3, 0.4) is 0 Å². The van der Waals surface area contributed by atoms with Gasteiger partial charge in [0.25, 0.3) is 0 Å². The molecule has 1 radical (unpaired) electrons. The SMILES string of the molecule is CCCC[B]c1ccc(Nc2cn[nH]c2-c2nccs2)cc1.NC=O. The van der Waals surface area contributed by atoms with E-state index in [0.29, 0.717) is 0 Å². The van der Waals surface area contributed by atoms with E-state index in [9.17, 15) is 0 Å². The Kier molecular flexibility index (Phi) is 7.72. The van der Waals surface area contributed by atoms with E-state index in [1.165, 1.54) is 18.3 Å². The van der Waals surface area contributed by atoms with E-state index in [-0.39, 0.29) is 6.41 Å². The number of nitrogens with one attached hydrogen (secondary N) is 2. The predicted molar refractivity (Wildman–Crippen MR) is 105 cm³/mol. The second-order valence-corrected chi connectivity index (χ2v) is 6.12. The van der Waals surface area contributed by atoms with E-state index >= 15 is 0 Å². The third-order valence-electron chi connectivity index (χ3n) is 3.41. The zero-order valence-corrected chi connectivity index (χ0v) is 14.9. The van der Waals surface area contributed by atoms with Crippen LogP contribution in [0.2, 0.25) is 6.32 Å². The molecular weight excluding hydrogens is 333 g/mol. The molecule has 25 heavy (non-hydrogen) atoms. The van der Waals surface area contributed by atoms with Crippen molar-refractivity contribution in [3.05, 3.63) is 42.0 Å². The van der Waals surface area contributed by atoms with Crippen LogP contribution in [-0.2, 0) is 4.79 Å². The molecule has 129 valence electrons. The molecule has 1 aromatic carbocycles. The van der Waals surface area contributed by atoms with Crippen molar-refractivity contribution in [3.63, 3.8) is 0 Å². The monoisotopic (exact) mass is 354 g/mol. The van der Waals surface area contributed by atoms with Crippen molar-refractivity contribution in [1.29, 1.82) is 0 Å². The summed E-state index contributed by atoms with van der Waals surface area (Å²) in [4.78, 5) is 12.9. The number of unbranched alkanes of at least 4 members (excludes halogenated alkanes) is 1. The van der Waals surface area contributed by atoms with Gasteiger partial charge in [-0.2, -0.15) is 5.10 Å². The Bertz CT molecular complexity index is 743. The summed E-state index contributed by atoms with van der Waals surface area (Å²) in [7, 11) is 2.28. The molecule has 2 aromatic heterocycles. The first kappa shape index (κ1) is 18.7. The Labute approximate surface area is 152 Å². The first-order valence-corrected chi connectivity index (χ1v) is 8.95. The minimum Gasteiger partial charge on any atom is -0.372 e. The van der Waals surface area contributed by atoms with Gasteiger partial charge in [-0.1, -0.05) is 43.7 Å². The lowest BCUT2D eigenvalue weighted by molar-refractivity contribution is -0.106. The summed E-state index contributed by atoms with van der Waals surface area (Å²) in [6.45, 7) is 2.21. The molecule has 6 nitrogen and oxygen atoms in total. The molecule has 3 aromatic rings. The van der Waals surface area contributed by atoms with Gasteiger partial charge in [-0.05, 0) is 12.1 Å². The van der Waals surface area contributed by atoms with Crippen molar-refractivity contribution in [2.45, 2.75) is 26.1 Å². The topological polar surface area (TPSA) is 96.7 Å². The highest BCUT2D eigenvalue weighted by atomic mass is 32.1. The Balaban J connectivity index is 0.000000701. The fraction of sp³-hybridized carbons (Fsp3) is 0.235. The van der Waals surface area contributed by atoms with Gasteiger partial charge in [0.05, 0.1) is 11.9 Å². The summed E-state index contributed by atoms with van der Waals surface area (Å²) < 4.78 is 0. The van der Waals surface area contributed by atoms with Gasteiger partial charge in [0, 0.05) is 17.3 Å². The fourth-order valence-corrected chi connectivity index (χ4v) is 2.87. The molecule has 0 saturated carbocycles. The number of hydrogen-bond acceptors (Lipinski definition) is 5. The van der Waals surface area contributed by atoms with Gasteiger partial charge in [0.2, 0.25) is 6.41 Å². The van der Waals surface area contributed by atoms with Gasteiger partial charge in [0.15, 0.2) is 7.28 Å². The van der Waals surface area contributed by atoms with E-state index in [2.05, 4.69) is 64.7 Å². The minimum absolute atomic E-state index is 0.250. The number of aromatic nitrogens is 3. The Morgan fingerprint density at radius 3 is 2.76 bits per heavy atom. The molecule has 0 atom stereocenters. The van der Waals surface area contributed by atoms with Crippen LogP contribution in [-0.4, -0.2) is 28.9 Å². The van der Waals surface area contributed by atoms with Gasteiger partial charge in [-0.25, -0.2) is 4.98 Å². The maximum atomic E-state index is 8.58. The third-order valence-corrected chi connectivity index (χ3v) is 4.20. The lowest BCUT2D eigenvalue weighted by Gasteiger charge is -2.07. The number of anilines is 2. The van der Waals surface area contributed by atoms with E-state index in [1.54, 1.807) is 23.7 Å². The predicted octanol–water partition coefficient (Wildman–Crippen LogP) is 2.93. The molecule has 4 N–H and O–H groups in total. The van der Waals surface area contributed by atoms with Gasteiger partial charge in [-0.3, -0.25) is 9.89 Å². The number of rotatable bonds is 7. The van der Waals surface area contributed by atoms with Crippen molar-refractivity contribution < 1.29 is 4.79 Å². The Morgan fingerprint density at radius 1 is 1.36 bits per heavy atom. The van der Waals surface area contributed by atoms with Crippen LogP contribution in [0.15, 0.2) is 42.0 Å². The molecule has 0 aliphatic heterocycles. The second kappa shape index (κ2) is 10.3. The number of H-pyrrole nitrogens is 1. The summed E-state index contributed by atoms with van der Waals surface area (Å²) in [5, 5.41) is 13.4. The normalized spacial score (nSPS) is 9.80. The fourth-order valence-electron chi connectivity index (χ4n) is 2.22. The highest BCUT2D eigenvalue weighted by Crippen LogP contribution is 2.28. The maximum Gasteiger partial charge on any atom is 0.204 e. The zero-order valence-electron chi connectivity index (χ0n) is 14.1. The summed E-state index contributed by atoms with van der Waals surface area (Å²) in [6, 6.07) is 8.47. The van der Waals surface area contributed by atoms with E-state index in [1.807, 2.05) is 5.38 Å². The number of amides is 1.